The maximum Gasteiger partial charge on any atom is 0.268 e. The molecule has 0 aromatic rings. The Kier molecular flexibility index (Phi) is 36.3. The third kappa shape index (κ3) is 40.9. The molecular formula is C48H79N2O6P. The van der Waals surface area contributed by atoms with Crippen LogP contribution in [0.25, 0.3) is 0 Å². The average Bonchev–Trinajstić information content (AvgIpc) is 3.16. The monoisotopic (exact) mass is 811 g/mol. The van der Waals surface area contributed by atoms with Crippen LogP contribution in [0.4, 0.5) is 0 Å². The van der Waals surface area contributed by atoms with Gasteiger partial charge in [-0.3, -0.25) is 9.36 Å². The second-order valence-electron chi connectivity index (χ2n) is 14.9. The van der Waals surface area contributed by atoms with Gasteiger partial charge in [0.1, 0.15) is 13.2 Å². The van der Waals surface area contributed by atoms with E-state index in [1.54, 1.807) is 6.08 Å². The molecule has 0 aromatic carbocycles. The molecule has 2 N–H and O–H groups in total. The summed E-state index contributed by atoms with van der Waals surface area (Å²) in [6.45, 7) is 4.30. The highest BCUT2D eigenvalue weighted by Crippen LogP contribution is 2.38. The van der Waals surface area contributed by atoms with Crippen molar-refractivity contribution < 1.29 is 32.9 Å². The zero-order valence-electron chi connectivity index (χ0n) is 36.2. The molecule has 0 aliphatic heterocycles. The average molecular weight is 811 g/mol. The first-order chi connectivity index (χ1) is 27.5. The van der Waals surface area contributed by atoms with Crippen molar-refractivity contribution in [2.75, 3.05) is 40.9 Å². The standard InChI is InChI=1S/C48H79N2O6P/c1-6-8-10-12-14-16-18-19-20-21-22-23-24-25-26-27-28-29-30-31-32-34-36-38-40-42-48(52)49-46(45-56-57(53,54)55-44-43-50(3,4)5)47(51)41-39-37-35-33-17-15-13-11-9-7-2/h8-11,14,16-17,19-20,22-23,25-26,28-29,31-33,39,41,46-47,51H,6-7,12-13,15,18,21,24,27,30,34-38,40,42-45H2,1-5H3,(H-,49,52,53,54)/b10-8-,11-9+,16-14-,20-19-,23-22-,26-25-,29-28-,32-31-,33-17+,41-39+. The molecule has 3 atom stereocenters. The van der Waals surface area contributed by atoms with Gasteiger partial charge in [-0.25, -0.2) is 0 Å². The Morgan fingerprint density at radius 1 is 0.614 bits per heavy atom. The van der Waals surface area contributed by atoms with Crippen LogP contribution in [0.2, 0.25) is 0 Å². The van der Waals surface area contributed by atoms with Crippen molar-refractivity contribution in [3.63, 3.8) is 0 Å². The highest BCUT2D eigenvalue weighted by molar-refractivity contribution is 7.45. The van der Waals surface area contributed by atoms with E-state index in [4.69, 9.17) is 9.05 Å². The number of carbonyl (C=O) groups excluding carboxylic acids is 1. The van der Waals surface area contributed by atoms with E-state index in [0.29, 0.717) is 23.9 Å². The summed E-state index contributed by atoms with van der Waals surface area (Å²) in [4.78, 5) is 25.2. The molecule has 0 saturated carbocycles. The number of hydrogen-bond donors (Lipinski definition) is 2. The fourth-order valence-corrected chi connectivity index (χ4v) is 5.77. The van der Waals surface area contributed by atoms with Crippen LogP contribution in [0.15, 0.2) is 122 Å². The summed E-state index contributed by atoms with van der Waals surface area (Å²) in [6, 6.07) is -0.934. The van der Waals surface area contributed by atoms with Crippen molar-refractivity contribution in [1.82, 2.24) is 5.32 Å². The normalized spacial score (nSPS) is 15.6. The lowest BCUT2D eigenvalue weighted by molar-refractivity contribution is -0.870. The number of rotatable bonds is 36. The van der Waals surface area contributed by atoms with Crippen molar-refractivity contribution in [3.05, 3.63) is 122 Å². The van der Waals surface area contributed by atoms with Crippen LogP contribution in [0.5, 0.6) is 0 Å². The lowest BCUT2D eigenvalue weighted by Crippen LogP contribution is -2.45. The van der Waals surface area contributed by atoms with Crippen LogP contribution in [0.1, 0.15) is 123 Å². The number of nitrogens with zero attached hydrogens (tertiary/aromatic N) is 1. The number of aliphatic hydroxyl groups excluding tert-OH is 1. The molecule has 0 aromatic heterocycles. The lowest BCUT2D eigenvalue weighted by Gasteiger charge is -2.29. The van der Waals surface area contributed by atoms with E-state index >= 15 is 0 Å². The summed E-state index contributed by atoms with van der Waals surface area (Å²) < 4.78 is 23.1. The van der Waals surface area contributed by atoms with Gasteiger partial charge in [-0.15, -0.1) is 0 Å². The summed E-state index contributed by atoms with van der Waals surface area (Å²) in [5.41, 5.74) is 0. The van der Waals surface area contributed by atoms with Gasteiger partial charge in [0.05, 0.1) is 39.9 Å². The topological polar surface area (TPSA) is 108 Å². The number of amides is 1. The van der Waals surface area contributed by atoms with Crippen LogP contribution in [-0.4, -0.2) is 68.5 Å². The van der Waals surface area contributed by atoms with Gasteiger partial charge in [0.2, 0.25) is 5.91 Å². The molecular weight excluding hydrogens is 732 g/mol. The first-order valence-corrected chi connectivity index (χ1v) is 22.9. The van der Waals surface area contributed by atoms with Gasteiger partial charge in [0.15, 0.2) is 0 Å². The lowest BCUT2D eigenvalue weighted by atomic mass is 10.1. The Bertz CT molecular complexity index is 1330. The summed E-state index contributed by atoms with van der Waals surface area (Å²) in [5.74, 6) is -0.254. The second-order valence-corrected chi connectivity index (χ2v) is 16.3. The highest BCUT2D eigenvalue weighted by Gasteiger charge is 2.23. The Morgan fingerprint density at radius 3 is 1.53 bits per heavy atom. The zero-order chi connectivity index (χ0) is 42.1. The quantitative estimate of drug-likeness (QED) is 0.0282. The number of likely N-dealkylation sites (N-methyl/N-ethyl adjacent to an activating group) is 1. The molecule has 9 heteroatoms. The van der Waals surface area contributed by atoms with E-state index in [1.807, 2.05) is 27.2 Å². The van der Waals surface area contributed by atoms with Crippen molar-refractivity contribution in [2.24, 2.45) is 0 Å². The minimum Gasteiger partial charge on any atom is -0.756 e. The van der Waals surface area contributed by atoms with E-state index in [9.17, 15) is 19.4 Å². The summed E-state index contributed by atoms with van der Waals surface area (Å²) in [6.07, 6.45) is 56.9. The van der Waals surface area contributed by atoms with Gasteiger partial charge in [0.25, 0.3) is 7.82 Å². The predicted octanol–water partition coefficient (Wildman–Crippen LogP) is 11.3. The van der Waals surface area contributed by atoms with Crippen LogP contribution in [-0.2, 0) is 18.4 Å². The number of nitrogens with one attached hydrogen (secondary N) is 1. The number of allylic oxidation sites excluding steroid dienone is 19. The fourth-order valence-electron chi connectivity index (χ4n) is 5.05. The number of aliphatic hydroxyl groups is 1. The van der Waals surface area contributed by atoms with Gasteiger partial charge in [0, 0.05) is 6.42 Å². The Balaban J connectivity index is 4.46. The van der Waals surface area contributed by atoms with E-state index in [1.165, 1.54) is 0 Å². The van der Waals surface area contributed by atoms with E-state index in [0.717, 1.165) is 89.9 Å². The highest BCUT2D eigenvalue weighted by atomic mass is 31.2. The summed E-state index contributed by atoms with van der Waals surface area (Å²) in [5, 5.41) is 13.6. The van der Waals surface area contributed by atoms with Crippen LogP contribution in [0, 0.1) is 0 Å². The fraction of sp³-hybridized carbons (Fsp3) is 0.562. The molecule has 0 bridgehead atoms. The maximum atomic E-state index is 12.8. The van der Waals surface area contributed by atoms with Gasteiger partial charge in [-0.1, -0.05) is 142 Å². The smallest absolute Gasteiger partial charge is 0.268 e. The largest absolute Gasteiger partial charge is 0.756 e. The van der Waals surface area contributed by atoms with Crippen LogP contribution >= 0.6 is 7.82 Å². The molecule has 0 saturated heterocycles. The summed E-state index contributed by atoms with van der Waals surface area (Å²) >= 11 is 0. The summed E-state index contributed by atoms with van der Waals surface area (Å²) in [7, 11) is 1.18. The molecule has 0 aliphatic carbocycles. The minimum atomic E-state index is -4.61. The molecule has 1 amide bonds. The number of hydrogen-bond acceptors (Lipinski definition) is 6. The molecule has 322 valence electrons. The molecule has 57 heavy (non-hydrogen) atoms. The van der Waals surface area contributed by atoms with Crippen molar-refractivity contribution in [3.8, 4) is 0 Å². The third-order valence-corrected chi connectivity index (χ3v) is 9.36. The van der Waals surface area contributed by atoms with Gasteiger partial charge < -0.3 is 28.8 Å². The number of quaternary nitrogens is 1. The first-order valence-electron chi connectivity index (χ1n) is 21.4. The van der Waals surface area contributed by atoms with Gasteiger partial charge >= 0.3 is 0 Å². The van der Waals surface area contributed by atoms with Crippen molar-refractivity contribution in [1.29, 1.82) is 0 Å². The second kappa shape index (κ2) is 38.4. The molecule has 0 fully saturated rings. The van der Waals surface area contributed by atoms with E-state index in [-0.39, 0.29) is 18.9 Å². The Morgan fingerprint density at radius 2 is 1.04 bits per heavy atom. The molecule has 8 nitrogen and oxygen atoms in total. The van der Waals surface area contributed by atoms with Gasteiger partial charge in [-0.05, 0) is 96.3 Å². The van der Waals surface area contributed by atoms with E-state index in [2.05, 4.69) is 129 Å². The Labute approximate surface area is 348 Å². The maximum absolute atomic E-state index is 12.8. The molecule has 0 radical (unpaired) electrons. The van der Waals surface area contributed by atoms with E-state index < -0.39 is 26.6 Å². The van der Waals surface area contributed by atoms with Crippen LogP contribution < -0.4 is 10.2 Å². The molecule has 0 spiro atoms. The molecule has 3 unspecified atom stereocenters. The minimum absolute atomic E-state index is 0.0239. The van der Waals surface area contributed by atoms with Crippen molar-refractivity contribution >= 4 is 13.7 Å². The SMILES string of the molecule is CC/C=C\C/C=C\C/C=C\C/C=C\C/C=C\C/C=C\C/C=C\CCCCCC(=O)NC(COP(=O)([O-])OCC[N+](C)(C)C)C(O)/C=C/CC/C=C/CC/C=C/CC. The number of phosphoric acid groups is 1. The molecule has 0 heterocycles. The van der Waals surface area contributed by atoms with Crippen molar-refractivity contribution in [2.45, 2.75) is 135 Å². The number of phosphoric ester groups is 1. The first kappa shape index (κ1) is 53.9. The predicted molar refractivity (Wildman–Crippen MR) is 242 cm³/mol. The number of carbonyl (C=O) groups is 1. The molecule has 0 rings (SSSR count). The Hall–Kier alpha value is -3.10. The zero-order valence-corrected chi connectivity index (χ0v) is 37.1. The number of unbranched alkanes of at least 4 members (excludes halogenated alkanes) is 5. The third-order valence-electron chi connectivity index (χ3n) is 8.39. The molecule has 0 aliphatic rings. The van der Waals surface area contributed by atoms with Gasteiger partial charge in [-0.2, -0.15) is 0 Å². The van der Waals surface area contributed by atoms with Crippen LogP contribution in [0.3, 0.4) is 0 Å².